The molecule has 27 heavy (non-hydrogen) atoms. The number of amides is 2. The molecule has 0 radical (unpaired) electrons. The third kappa shape index (κ3) is 5.29. The van der Waals surface area contributed by atoms with Crippen LogP contribution in [-0.2, 0) is 6.54 Å². The normalized spacial score (nSPS) is 10.3. The van der Waals surface area contributed by atoms with E-state index < -0.39 is 11.8 Å². The molecule has 0 atom stereocenters. The van der Waals surface area contributed by atoms with Gasteiger partial charge in [-0.25, -0.2) is 19.2 Å². The van der Waals surface area contributed by atoms with Crippen LogP contribution in [0, 0.1) is 5.82 Å². The molecule has 0 aliphatic rings. The van der Waals surface area contributed by atoms with Crippen molar-refractivity contribution in [1.29, 1.82) is 0 Å². The van der Waals surface area contributed by atoms with Gasteiger partial charge in [0.15, 0.2) is 11.0 Å². The lowest BCUT2D eigenvalue weighted by atomic mass is 10.2. The lowest BCUT2D eigenvalue weighted by Crippen LogP contribution is -2.19. The largest absolute Gasteiger partial charge is 0.363 e. The second kappa shape index (κ2) is 8.66. The number of urea groups is 1. The monoisotopic (exact) mass is 405 g/mol. The quantitative estimate of drug-likeness (QED) is 0.546. The van der Waals surface area contributed by atoms with Crippen LogP contribution in [0.2, 0.25) is 10.2 Å². The molecule has 0 spiro atoms. The fourth-order valence-electron chi connectivity index (χ4n) is 2.25. The number of aromatic nitrogens is 2. The van der Waals surface area contributed by atoms with Gasteiger partial charge in [-0.05, 0) is 35.9 Å². The zero-order valence-corrected chi connectivity index (χ0v) is 15.4. The average Bonchev–Trinajstić information content (AvgIpc) is 2.64. The van der Waals surface area contributed by atoms with Gasteiger partial charge in [0.05, 0.1) is 5.02 Å². The van der Waals surface area contributed by atoms with Crippen molar-refractivity contribution in [3.63, 3.8) is 0 Å². The predicted octanol–water partition coefficient (Wildman–Crippen LogP) is 5.18. The van der Waals surface area contributed by atoms with E-state index in [0.29, 0.717) is 23.7 Å². The van der Waals surface area contributed by atoms with Crippen molar-refractivity contribution in [2.75, 3.05) is 16.0 Å². The van der Waals surface area contributed by atoms with Crippen molar-refractivity contribution in [3.05, 3.63) is 76.4 Å². The standard InChI is InChI=1S/C18H14Cl2FN5O/c19-14-9-13(4-5-15(14)21)26-18(27)25-12-3-1-2-11(8-12)10-24-17-16(20)22-6-7-23-17/h1-9H,10H2,(H,23,24)(H2,25,26,27). The van der Waals surface area contributed by atoms with Gasteiger partial charge in [-0.3, -0.25) is 0 Å². The Morgan fingerprint density at radius 1 is 1.00 bits per heavy atom. The summed E-state index contributed by atoms with van der Waals surface area (Å²) >= 11 is 11.7. The summed E-state index contributed by atoms with van der Waals surface area (Å²) in [6, 6.07) is 10.7. The van der Waals surface area contributed by atoms with Crippen molar-refractivity contribution < 1.29 is 9.18 Å². The van der Waals surface area contributed by atoms with Crippen LogP contribution in [0.25, 0.3) is 0 Å². The maximum absolute atomic E-state index is 13.2. The van der Waals surface area contributed by atoms with Crippen molar-refractivity contribution >= 4 is 46.4 Å². The van der Waals surface area contributed by atoms with E-state index in [4.69, 9.17) is 23.2 Å². The number of hydrogen-bond acceptors (Lipinski definition) is 4. The highest BCUT2D eigenvalue weighted by Gasteiger charge is 2.07. The van der Waals surface area contributed by atoms with E-state index in [1.807, 2.05) is 6.07 Å². The molecule has 3 N–H and O–H groups in total. The van der Waals surface area contributed by atoms with Gasteiger partial charge in [-0.1, -0.05) is 35.3 Å². The van der Waals surface area contributed by atoms with Crippen LogP contribution in [0.4, 0.5) is 26.4 Å². The lowest BCUT2D eigenvalue weighted by molar-refractivity contribution is 0.262. The summed E-state index contributed by atoms with van der Waals surface area (Å²) in [5, 5.41) is 8.59. The highest BCUT2D eigenvalue weighted by atomic mass is 35.5. The Morgan fingerprint density at radius 3 is 2.48 bits per heavy atom. The number of hydrogen-bond donors (Lipinski definition) is 3. The summed E-state index contributed by atoms with van der Waals surface area (Å²) in [6.07, 6.45) is 3.04. The Kier molecular flexibility index (Phi) is 6.05. The summed E-state index contributed by atoms with van der Waals surface area (Å²) in [6.45, 7) is 0.448. The van der Waals surface area contributed by atoms with E-state index in [9.17, 15) is 9.18 Å². The van der Waals surface area contributed by atoms with Gasteiger partial charge in [-0.2, -0.15) is 0 Å². The highest BCUT2D eigenvalue weighted by molar-refractivity contribution is 6.31. The second-order valence-corrected chi connectivity index (χ2v) is 6.22. The van der Waals surface area contributed by atoms with E-state index in [1.165, 1.54) is 30.6 Å². The number of carbonyl (C=O) groups excluding carboxylic acids is 1. The lowest BCUT2D eigenvalue weighted by Gasteiger charge is -2.10. The van der Waals surface area contributed by atoms with E-state index in [0.717, 1.165) is 5.56 Å². The number of nitrogens with zero attached hydrogens (tertiary/aromatic N) is 2. The third-order valence-electron chi connectivity index (χ3n) is 3.48. The smallest absolute Gasteiger partial charge is 0.323 e. The Morgan fingerprint density at radius 2 is 1.74 bits per heavy atom. The maximum Gasteiger partial charge on any atom is 0.323 e. The van der Waals surface area contributed by atoms with Crippen LogP contribution in [-0.4, -0.2) is 16.0 Å². The van der Waals surface area contributed by atoms with Crippen LogP contribution in [0.1, 0.15) is 5.56 Å². The predicted molar refractivity (Wildman–Crippen MR) is 105 cm³/mol. The fraction of sp³-hybridized carbons (Fsp3) is 0.0556. The maximum atomic E-state index is 13.2. The average molecular weight is 406 g/mol. The van der Waals surface area contributed by atoms with Crippen LogP contribution in [0.3, 0.4) is 0 Å². The molecule has 3 rings (SSSR count). The molecule has 138 valence electrons. The van der Waals surface area contributed by atoms with E-state index in [1.54, 1.807) is 18.2 Å². The third-order valence-corrected chi connectivity index (χ3v) is 4.04. The van der Waals surface area contributed by atoms with Gasteiger partial charge in [0.1, 0.15) is 5.82 Å². The molecular weight excluding hydrogens is 392 g/mol. The zero-order valence-electron chi connectivity index (χ0n) is 13.8. The fourth-order valence-corrected chi connectivity index (χ4v) is 2.60. The van der Waals surface area contributed by atoms with E-state index >= 15 is 0 Å². The van der Waals surface area contributed by atoms with Crippen LogP contribution in [0.5, 0.6) is 0 Å². The Bertz CT molecular complexity index is 970. The van der Waals surface area contributed by atoms with Crippen LogP contribution in [0.15, 0.2) is 54.9 Å². The summed E-state index contributed by atoms with van der Waals surface area (Å²) in [5.74, 6) is -0.0745. The molecule has 9 heteroatoms. The number of nitrogens with one attached hydrogen (secondary N) is 3. The molecule has 1 aromatic heterocycles. The minimum Gasteiger partial charge on any atom is -0.363 e. The van der Waals surface area contributed by atoms with Gasteiger partial charge in [0, 0.05) is 30.3 Å². The van der Waals surface area contributed by atoms with Crippen molar-refractivity contribution in [1.82, 2.24) is 9.97 Å². The van der Waals surface area contributed by atoms with E-state index in [-0.39, 0.29) is 10.2 Å². The first-order valence-corrected chi connectivity index (χ1v) is 8.59. The molecule has 0 saturated carbocycles. The number of halogens is 3. The van der Waals surface area contributed by atoms with Crippen LogP contribution < -0.4 is 16.0 Å². The Balaban J connectivity index is 1.60. The highest BCUT2D eigenvalue weighted by Crippen LogP contribution is 2.20. The molecule has 2 aromatic carbocycles. The van der Waals surface area contributed by atoms with Crippen molar-refractivity contribution in [2.45, 2.75) is 6.54 Å². The number of rotatable bonds is 5. The van der Waals surface area contributed by atoms with Gasteiger partial charge in [0.25, 0.3) is 0 Å². The van der Waals surface area contributed by atoms with E-state index in [2.05, 4.69) is 25.9 Å². The van der Waals surface area contributed by atoms with Gasteiger partial charge in [-0.15, -0.1) is 0 Å². The first-order valence-electron chi connectivity index (χ1n) is 7.83. The number of carbonyl (C=O) groups is 1. The summed E-state index contributed by atoms with van der Waals surface area (Å²) in [7, 11) is 0. The molecule has 0 aliphatic heterocycles. The molecule has 0 aliphatic carbocycles. The molecule has 3 aromatic rings. The first-order chi connectivity index (χ1) is 13.0. The molecule has 0 bridgehead atoms. The van der Waals surface area contributed by atoms with Crippen LogP contribution >= 0.6 is 23.2 Å². The molecule has 0 fully saturated rings. The minimum atomic E-state index is -0.550. The summed E-state index contributed by atoms with van der Waals surface area (Å²) in [5.41, 5.74) is 1.87. The summed E-state index contributed by atoms with van der Waals surface area (Å²) in [4.78, 5) is 20.1. The molecule has 0 unspecified atom stereocenters. The van der Waals surface area contributed by atoms with Crippen molar-refractivity contribution in [2.24, 2.45) is 0 Å². The Hall–Kier alpha value is -2.90. The topological polar surface area (TPSA) is 78.9 Å². The molecule has 1 heterocycles. The molecule has 2 amide bonds. The van der Waals surface area contributed by atoms with Gasteiger partial charge in [0.2, 0.25) is 0 Å². The molecule has 6 nitrogen and oxygen atoms in total. The number of anilines is 3. The number of benzene rings is 2. The first kappa shape index (κ1) is 18.9. The SMILES string of the molecule is O=C(Nc1cccc(CNc2nccnc2Cl)c1)Nc1ccc(F)c(Cl)c1. The van der Waals surface area contributed by atoms with Crippen molar-refractivity contribution in [3.8, 4) is 0 Å². The zero-order chi connectivity index (χ0) is 19.2. The second-order valence-electron chi connectivity index (χ2n) is 5.46. The molecule has 0 saturated heterocycles. The minimum absolute atomic E-state index is 0.0662. The summed E-state index contributed by atoms with van der Waals surface area (Å²) < 4.78 is 13.2. The van der Waals surface area contributed by atoms with Gasteiger partial charge >= 0.3 is 6.03 Å². The van der Waals surface area contributed by atoms with Gasteiger partial charge < -0.3 is 16.0 Å². The Labute approximate surface area is 164 Å². The molecular formula is C18H14Cl2FN5O.